The standard InChI is InChI=1S/C16H19ClF3N5O/c1-9(15(26)23(2)7-10-6-21-24(3)8-10)25-13(11-4-5-11)12(17)14(22-25)16(18,19)20/h6,8-9,11H,4-5,7H2,1-3H3/t9-/m1/s1. The van der Waals surface area contributed by atoms with Crippen molar-refractivity contribution >= 4 is 17.5 Å². The molecule has 0 radical (unpaired) electrons. The predicted octanol–water partition coefficient (Wildman–Crippen LogP) is 3.39. The fourth-order valence-electron chi connectivity index (χ4n) is 2.96. The number of halogens is 4. The van der Waals surface area contributed by atoms with E-state index in [1.54, 1.807) is 31.2 Å². The first kappa shape index (κ1) is 18.8. The van der Waals surface area contributed by atoms with Gasteiger partial charge in [-0.2, -0.15) is 23.4 Å². The van der Waals surface area contributed by atoms with E-state index in [-0.39, 0.29) is 11.8 Å². The van der Waals surface area contributed by atoms with Gasteiger partial charge in [-0.15, -0.1) is 0 Å². The van der Waals surface area contributed by atoms with Gasteiger partial charge in [-0.25, -0.2) is 0 Å². The molecule has 1 aliphatic carbocycles. The van der Waals surface area contributed by atoms with Gasteiger partial charge in [-0.1, -0.05) is 11.6 Å². The van der Waals surface area contributed by atoms with Crippen LogP contribution in [0.4, 0.5) is 13.2 Å². The number of rotatable bonds is 5. The molecular weight excluding hydrogens is 371 g/mol. The Bertz CT molecular complexity index is 824. The van der Waals surface area contributed by atoms with E-state index in [1.807, 2.05) is 0 Å². The summed E-state index contributed by atoms with van der Waals surface area (Å²) in [6, 6.07) is -0.888. The smallest absolute Gasteiger partial charge is 0.339 e. The molecule has 1 atom stereocenters. The highest BCUT2D eigenvalue weighted by Gasteiger charge is 2.43. The summed E-state index contributed by atoms with van der Waals surface area (Å²) in [5.74, 6) is -0.423. The van der Waals surface area contributed by atoms with E-state index in [4.69, 9.17) is 11.6 Å². The van der Waals surface area contributed by atoms with Crippen LogP contribution in [0.25, 0.3) is 0 Å². The SMILES string of the molecule is C[C@H](C(=O)N(C)Cc1cnn(C)c1)n1nc(C(F)(F)F)c(Cl)c1C1CC1. The summed E-state index contributed by atoms with van der Waals surface area (Å²) in [7, 11) is 3.36. The number of amides is 1. The van der Waals surface area contributed by atoms with Crippen LogP contribution in [0.15, 0.2) is 12.4 Å². The number of carbonyl (C=O) groups is 1. The molecule has 1 aliphatic rings. The van der Waals surface area contributed by atoms with E-state index < -0.39 is 22.9 Å². The zero-order valence-electron chi connectivity index (χ0n) is 14.6. The average molecular weight is 390 g/mol. The third-order valence-corrected chi connectivity index (χ3v) is 4.77. The van der Waals surface area contributed by atoms with Crippen LogP contribution < -0.4 is 0 Å². The Kier molecular flexibility index (Phi) is 4.76. The largest absolute Gasteiger partial charge is 0.436 e. The number of hydrogen-bond acceptors (Lipinski definition) is 3. The molecule has 0 aromatic carbocycles. The van der Waals surface area contributed by atoms with Crippen molar-refractivity contribution in [3.05, 3.63) is 34.4 Å². The van der Waals surface area contributed by atoms with Gasteiger partial charge in [0.05, 0.1) is 16.9 Å². The first-order chi connectivity index (χ1) is 12.1. The monoisotopic (exact) mass is 389 g/mol. The topological polar surface area (TPSA) is 56.0 Å². The lowest BCUT2D eigenvalue weighted by Gasteiger charge is -2.22. The van der Waals surface area contributed by atoms with Crippen molar-refractivity contribution in [2.75, 3.05) is 7.05 Å². The summed E-state index contributed by atoms with van der Waals surface area (Å²) >= 11 is 5.97. The minimum atomic E-state index is -4.66. The molecule has 0 aliphatic heterocycles. The Labute approximate surface area is 153 Å². The third-order valence-electron chi connectivity index (χ3n) is 4.40. The van der Waals surface area contributed by atoms with Crippen LogP contribution in [0.5, 0.6) is 0 Å². The molecule has 2 aromatic heterocycles. The molecule has 10 heteroatoms. The summed E-state index contributed by atoms with van der Waals surface area (Å²) in [4.78, 5) is 14.2. The van der Waals surface area contributed by atoms with Crippen molar-refractivity contribution in [3.8, 4) is 0 Å². The van der Waals surface area contributed by atoms with Crippen molar-refractivity contribution in [1.29, 1.82) is 0 Å². The van der Waals surface area contributed by atoms with Gasteiger partial charge in [0, 0.05) is 38.3 Å². The second-order valence-corrected chi connectivity index (χ2v) is 7.03. The molecule has 3 rings (SSSR count). The second-order valence-electron chi connectivity index (χ2n) is 6.66. The van der Waals surface area contributed by atoms with Gasteiger partial charge in [0.2, 0.25) is 5.91 Å². The molecule has 6 nitrogen and oxygen atoms in total. The van der Waals surface area contributed by atoms with E-state index in [0.29, 0.717) is 12.2 Å². The Balaban J connectivity index is 1.86. The van der Waals surface area contributed by atoms with Gasteiger partial charge in [0.25, 0.3) is 0 Å². The number of nitrogens with zero attached hydrogens (tertiary/aromatic N) is 5. The molecule has 2 heterocycles. The Morgan fingerprint density at radius 3 is 2.62 bits per heavy atom. The summed E-state index contributed by atoms with van der Waals surface area (Å²) in [6.07, 6.45) is 0.244. The van der Waals surface area contributed by atoms with Crippen LogP contribution >= 0.6 is 11.6 Å². The minimum Gasteiger partial charge on any atom is -0.339 e. The van der Waals surface area contributed by atoms with Crippen LogP contribution in [-0.4, -0.2) is 37.4 Å². The highest BCUT2D eigenvalue weighted by molar-refractivity contribution is 6.32. The molecule has 1 amide bonds. The van der Waals surface area contributed by atoms with Gasteiger partial charge in [0.15, 0.2) is 5.69 Å². The second kappa shape index (κ2) is 6.61. The van der Waals surface area contributed by atoms with Gasteiger partial charge in [0.1, 0.15) is 6.04 Å². The minimum absolute atomic E-state index is 0.0787. The fraction of sp³-hybridized carbons (Fsp3) is 0.562. The van der Waals surface area contributed by atoms with Crippen LogP contribution in [0.2, 0.25) is 5.02 Å². The number of likely N-dealkylation sites (N-methyl/N-ethyl adjacent to an activating group) is 1. The molecule has 26 heavy (non-hydrogen) atoms. The molecule has 0 unspecified atom stereocenters. The summed E-state index contributed by atoms with van der Waals surface area (Å²) in [5.41, 5.74) is -0.00214. The summed E-state index contributed by atoms with van der Waals surface area (Å²) < 4.78 is 42.3. The molecule has 1 fully saturated rings. The molecule has 142 valence electrons. The number of aromatic nitrogens is 4. The molecule has 1 saturated carbocycles. The van der Waals surface area contributed by atoms with Crippen LogP contribution in [0, 0.1) is 0 Å². The number of hydrogen-bond donors (Lipinski definition) is 0. The van der Waals surface area contributed by atoms with E-state index in [1.165, 1.54) is 11.8 Å². The third kappa shape index (κ3) is 3.58. The molecule has 0 bridgehead atoms. The number of carbonyl (C=O) groups excluding carboxylic acids is 1. The molecular formula is C16H19ClF3N5O. The van der Waals surface area contributed by atoms with Crippen LogP contribution in [0.1, 0.15) is 48.7 Å². The van der Waals surface area contributed by atoms with E-state index >= 15 is 0 Å². The van der Waals surface area contributed by atoms with Crippen molar-refractivity contribution < 1.29 is 18.0 Å². The lowest BCUT2D eigenvalue weighted by Crippen LogP contribution is -2.33. The number of alkyl halides is 3. The number of aryl methyl sites for hydroxylation is 1. The van der Waals surface area contributed by atoms with Crippen molar-refractivity contribution in [2.45, 2.75) is 44.4 Å². The maximum absolute atomic E-state index is 13.2. The van der Waals surface area contributed by atoms with E-state index in [2.05, 4.69) is 10.2 Å². The first-order valence-electron chi connectivity index (χ1n) is 8.17. The predicted molar refractivity (Wildman–Crippen MR) is 88.6 cm³/mol. The normalized spacial score (nSPS) is 16.0. The van der Waals surface area contributed by atoms with Gasteiger partial charge in [-0.05, 0) is 19.8 Å². The van der Waals surface area contributed by atoms with Crippen molar-refractivity contribution in [3.63, 3.8) is 0 Å². The lowest BCUT2D eigenvalue weighted by atomic mass is 10.2. The maximum atomic E-state index is 13.2. The molecule has 2 aromatic rings. The lowest BCUT2D eigenvalue weighted by molar-refractivity contribution is -0.142. The average Bonchev–Trinajstić information content (AvgIpc) is 3.20. The summed E-state index contributed by atoms with van der Waals surface area (Å²) in [6.45, 7) is 1.84. The van der Waals surface area contributed by atoms with E-state index in [9.17, 15) is 18.0 Å². The van der Waals surface area contributed by atoms with Crippen LogP contribution in [0.3, 0.4) is 0 Å². The Hall–Kier alpha value is -2.03. The van der Waals surface area contributed by atoms with Crippen molar-refractivity contribution in [2.24, 2.45) is 7.05 Å². The fourth-order valence-corrected chi connectivity index (χ4v) is 3.34. The zero-order chi connectivity index (χ0) is 19.2. The highest BCUT2D eigenvalue weighted by atomic mass is 35.5. The van der Waals surface area contributed by atoms with E-state index in [0.717, 1.165) is 23.1 Å². The summed E-state index contributed by atoms with van der Waals surface area (Å²) in [5, 5.41) is 7.30. The Morgan fingerprint density at radius 1 is 1.46 bits per heavy atom. The molecule has 0 spiro atoms. The quantitative estimate of drug-likeness (QED) is 0.787. The highest BCUT2D eigenvalue weighted by Crippen LogP contribution is 2.47. The molecule has 0 saturated heterocycles. The first-order valence-corrected chi connectivity index (χ1v) is 8.55. The maximum Gasteiger partial charge on any atom is 0.436 e. The molecule has 0 N–H and O–H groups in total. The van der Waals surface area contributed by atoms with Gasteiger partial charge < -0.3 is 4.90 Å². The zero-order valence-corrected chi connectivity index (χ0v) is 15.3. The van der Waals surface area contributed by atoms with Crippen LogP contribution in [-0.2, 0) is 24.6 Å². The van der Waals surface area contributed by atoms with Gasteiger partial charge >= 0.3 is 6.18 Å². The van der Waals surface area contributed by atoms with Crippen molar-refractivity contribution in [1.82, 2.24) is 24.5 Å². The van der Waals surface area contributed by atoms with Gasteiger partial charge in [-0.3, -0.25) is 14.2 Å². The Morgan fingerprint density at radius 2 is 2.12 bits per heavy atom.